The first-order valence-corrected chi connectivity index (χ1v) is 16.6. The highest BCUT2D eigenvalue weighted by Crippen LogP contribution is 2.16. The molecule has 0 fully saturated rings. The molecule has 0 aromatic rings. The van der Waals surface area contributed by atoms with Gasteiger partial charge in [-0.05, 0) is 6.42 Å². The minimum atomic E-state index is -1.90. The normalized spacial score (nSPS) is 17.8. The molecule has 0 aromatic carbocycles. The average molecular weight is 655 g/mol. The number of aliphatic hydroxyl groups is 10. The van der Waals surface area contributed by atoms with Gasteiger partial charge in [-0.2, -0.15) is 0 Å². The Morgan fingerprint density at radius 3 is 1.07 bits per heavy atom. The topological polar surface area (TPSA) is 260 Å². The lowest BCUT2D eigenvalue weighted by molar-refractivity contribution is -0.138. The van der Waals surface area contributed by atoms with Crippen LogP contribution in [0.2, 0.25) is 0 Å². The second kappa shape index (κ2) is 26.6. The van der Waals surface area contributed by atoms with Crippen LogP contribution in [0, 0.1) is 5.92 Å². The predicted molar refractivity (Wildman–Crippen MR) is 167 cm³/mol. The van der Waals surface area contributed by atoms with Gasteiger partial charge in [0.1, 0.15) is 42.5 Å². The number of aliphatic hydroxyl groups excluding tert-OH is 10. The van der Waals surface area contributed by atoms with Crippen molar-refractivity contribution >= 4 is 11.8 Å². The minimum absolute atomic E-state index is 0.116. The van der Waals surface area contributed by atoms with Crippen LogP contribution in [0.4, 0.5) is 0 Å². The maximum atomic E-state index is 12.9. The smallest absolute Gasteiger partial charge is 0.232 e. The summed E-state index contributed by atoms with van der Waals surface area (Å²) in [6, 6.07) is 0. The van der Waals surface area contributed by atoms with Crippen LogP contribution < -0.4 is 10.6 Å². The van der Waals surface area contributed by atoms with Crippen molar-refractivity contribution in [2.45, 2.75) is 152 Å². The lowest BCUT2D eigenvalue weighted by atomic mass is 9.97. The molecule has 12 N–H and O–H groups in total. The van der Waals surface area contributed by atoms with Gasteiger partial charge in [0.2, 0.25) is 11.8 Å². The summed E-state index contributed by atoms with van der Waals surface area (Å²) in [5.41, 5.74) is 0. The molecule has 14 heteroatoms. The maximum absolute atomic E-state index is 12.9. The summed E-state index contributed by atoms with van der Waals surface area (Å²) in [4.78, 5) is 25.8. The summed E-state index contributed by atoms with van der Waals surface area (Å²) >= 11 is 0. The SMILES string of the molecule is CCCCCCCCCCCCCCCCC(C(=O)NCC(O)C(O)C(O)C(O)CO)C(=O)NCC(O)C(O)C(O)C(O)CO. The Morgan fingerprint density at radius 2 is 0.756 bits per heavy atom. The number of carbonyl (C=O) groups excluding carboxylic acids is 2. The molecular formula is C31H62N2O12. The van der Waals surface area contributed by atoms with Gasteiger partial charge in [-0.3, -0.25) is 9.59 Å². The van der Waals surface area contributed by atoms with Crippen LogP contribution >= 0.6 is 0 Å². The fourth-order valence-corrected chi connectivity index (χ4v) is 4.95. The van der Waals surface area contributed by atoms with Crippen LogP contribution in [-0.4, -0.2) is 138 Å². The molecule has 0 heterocycles. The largest absolute Gasteiger partial charge is 0.394 e. The Morgan fingerprint density at radius 1 is 0.467 bits per heavy atom. The van der Waals surface area contributed by atoms with Gasteiger partial charge in [-0.1, -0.05) is 96.8 Å². The average Bonchev–Trinajstić information content (AvgIpc) is 3.05. The molecule has 0 rings (SSSR count). The van der Waals surface area contributed by atoms with E-state index >= 15 is 0 Å². The Hall–Kier alpha value is -1.46. The summed E-state index contributed by atoms with van der Waals surface area (Å²) in [5, 5.41) is 101. The standard InChI is InChI=1S/C31H62N2O12/c1-2-3-4-5-6-7-8-9-10-11-12-13-14-15-16-21(30(44)32-17-22(36)26(40)28(42)24(38)19-34)31(45)33-18-23(37)27(41)29(43)25(39)20-35/h21-29,34-43H,2-20H2,1H3,(H,32,44)(H,33,45). The quantitative estimate of drug-likeness (QED) is 0.0328. The van der Waals surface area contributed by atoms with E-state index in [1.807, 2.05) is 0 Å². The summed E-state index contributed by atoms with van der Waals surface area (Å²) in [6.45, 7) is -0.679. The van der Waals surface area contributed by atoms with Crippen molar-refractivity contribution in [3.63, 3.8) is 0 Å². The second-order valence-electron chi connectivity index (χ2n) is 12.0. The van der Waals surface area contributed by atoms with Crippen molar-refractivity contribution in [1.29, 1.82) is 0 Å². The van der Waals surface area contributed by atoms with E-state index in [0.29, 0.717) is 6.42 Å². The van der Waals surface area contributed by atoms with Gasteiger partial charge in [0, 0.05) is 13.1 Å². The predicted octanol–water partition coefficient (Wildman–Crippen LogP) is -1.42. The van der Waals surface area contributed by atoms with Crippen LogP contribution in [0.5, 0.6) is 0 Å². The minimum Gasteiger partial charge on any atom is -0.394 e. The third kappa shape index (κ3) is 19.1. The van der Waals surface area contributed by atoms with E-state index in [4.69, 9.17) is 10.2 Å². The molecule has 8 unspecified atom stereocenters. The van der Waals surface area contributed by atoms with Crippen molar-refractivity contribution in [3.05, 3.63) is 0 Å². The lowest BCUT2D eigenvalue weighted by Gasteiger charge is -2.27. The van der Waals surface area contributed by atoms with Gasteiger partial charge in [-0.25, -0.2) is 0 Å². The maximum Gasteiger partial charge on any atom is 0.232 e. The van der Waals surface area contributed by atoms with Crippen LogP contribution in [0.3, 0.4) is 0 Å². The number of amides is 2. The monoisotopic (exact) mass is 654 g/mol. The van der Waals surface area contributed by atoms with Crippen LogP contribution in [0.15, 0.2) is 0 Å². The molecule has 0 aliphatic heterocycles. The molecule has 8 atom stereocenters. The van der Waals surface area contributed by atoms with E-state index < -0.39 is 92.9 Å². The van der Waals surface area contributed by atoms with Gasteiger partial charge in [0.15, 0.2) is 0 Å². The number of carbonyl (C=O) groups is 2. The molecule has 0 aliphatic rings. The molecule has 0 radical (unpaired) electrons. The Kier molecular flexibility index (Phi) is 25.7. The fourth-order valence-electron chi connectivity index (χ4n) is 4.95. The zero-order valence-corrected chi connectivity index (χ0v) is 26.9. The second-order valence-corrected chi connectivity index (χ2v) is 12.0. The summed E-state index contributed by atoms with van der Waals surface area (Å²) in [6.07, 6.45) is 1.35. The molecule has 0 bridgehead atoms. The Bertz CT molecular complexity index is 705. The number of rotatable bonds is 29. The lowest BCUT2D eigenvalue weighted by Crippen LogP contribution is -2.52. The van der Waals surface area contributed by atoms with Crippen LogP contribution in [-0.2, 0) is 9.59 Å². The third-order valence-electron chi connectivity index (χ3n) is 8.10. The van der Waals surface area contributed by atoms with E-state index in [9.17, 15) is 50.4 Å². The zero-order chi connectivity index (χ0) is 34.2. The van der Waals surface area contributed by atoms with E-state index in [-0.39, 0.29) is 6.42 Å². The van der Waals surface area contributed by atoms with Crippen molar-refractivity contribution < 1.29 is 60.7 Å². The van der Waals surface area contributed by atoms with Gasteiger partial charge in [0.25, 0.3) is 0 Å². The van der Waals surface area contributed by atoms with E-state index in [1.165, 1.54) is 57.8 Å². The fraction of sp³-hybridized carbons (Fsp3) is 0.935. The molecule has 45 heavy (non-hydrogen) atoms. The number of hydrogen-bond acceptors (Lipinski definition) is 12. The number of hydrogen-bond donors (Lipinski definition) is 12. The van der Waals surface area contributed by atoms with Crippen LogP contribution in [0.1, 0.15) is 103 Å². The van der Waals surface area contributed by atoms with E-state index in [0.717, 1.165) is 25.7 Å². The number of unbranched alkanes of at least 4 members (excludes halogenated alkanes) is 13. The van der Waals surface area contributed by atoms with Crippen molar-refractivity contribution in [1.82, 2.24) is 10.6 Å². The molecular weight excluding hydrogens is 592 g/mol. The first-order chi connectivity index (χ1) is 21.4. The van der Waals surface area contributed by atoms with E-state index in [1.54, 1.807) is 0 Å². The molecule has 0 aliphatic carbocycles. The van der Waals surface area contributed by atoms with Crippen LogP contribution in [0.25, 0.3) is 0 Å². The van der Waals surface area contributed by atoms with Gasteiger partial charge >= 0.3 is 0 Å². The first-order valence-electron chi connectivity index (χ1n) is 16.6. The van der Waals surface area contributed by atoms with Crippen molar-refractivity contribution in [3.8, 4) is 0 Å². The highest BCUT2D eigenvalue weighted by molar-refractivity contribution is 6.00. The Balaban J connectivity index is 4.84. The summed E-state index contributed by atoms with van der Waals surface area (Å²) in [5.74, 6) is -2.90. The van der Waals surface area contributed by atoms with Gasteiger partial charge < -0.3 is 61.7 Å². The molecule has 2 amide bonds. The van der Waals surface area contributed by atoms with Gasteiger partial charge in [-0.15, -0.1) is 0 Å². The van der Waals surface area contributed by atoms with Crippen molar-refractivity contribution in [2.75, 3.05) is 26.3 Å². The Labute approximate surface area is 267 Å². The molecule has 0 saturated heterocycles. The molecule has 0 aromatic heterocycles. The molecule has 268 valence electrons. The third-order valence-corrected chi connectivity index (χ3v) is 8.10. The molecule has 14 nitrogen and oxygen atoms in total. The zero-order valence-electron chi connectivity index (χ0n) is 26.9. The van der Waals surface area contributed by atoms with Gasteiger partial charge in [0.05, 0.1) is 25.4 Å². The van der Waals surface area contributed by atoms with E-state index in [2.05, 4.69) is 17.6 Å². The highest BCUT2D eigenvalue weighted by atomic mass is 16.4. The highest BCUT2D eigenvalue weighted by Gasteiger charge is 2.33. The summed E-state index contributed by atoms with van der Waals surface area (Å²) in [7, 11) is 0. The molecule has 0 spiro atoms. The van der Waals surface area contributed by atoms with Crippen molar-refractivity contribution in [2.24, 2.45) is 5.92 Å². The summed E-state index contributed by atoms with van der Waals surface area (Å²) < 4.78 is 0. The molecule has 0 saturated carbocycles. The first kappa shape index (κ1) is 43.5. The number of nitrogens with one attached hydrogen (secondary N) is 2.